The maximum Gasteiger partial charge on any atom is 0.412 e. The van der Waals surface area contributed by atoms with Crippen LogP contribution in [-0.4, -0.2) is 93.3 Å². The average Bonchev–Trinajstić information content (AvgIpc) is 3.42. The minimum Gasteiger partial charge on any atom is -0.449 e. The lowest BCUT2D eigenvalue weighted by Gasteiger charge is -2.44. The molecule has 1 unspecified atom stereocenters. The Morgan fingerprint density at radius 1 is 0.549 bits per heavy atom. The molecular formula is C60H72N2O8Si. The molecule has 1 atom stereocenters. The molecule has 11 heteroatoms. The molecule has 0 aliphatic carbocycles. The first-order valence-corrected chi connectivity index (χ1v) is 27.3. The van der Waals surface area contributed by atoms with Gasteiger partial charge in [0, 0.05) is 45.6 Å². The zero-order valence-corrected chi connectivity index (χ0v) is 42.9. The Labute approximate surface area is 422 Å². The van der Waals surface area contributed by atoms with Crippen molar-refractivity contribution in [3.05, 3.63) is 204 Å². The molecule has 10 nitrogen and oxygen atoms in total. The molecule has 2 fully saturated rings. The van der Waals surface area contributed by atoms with E-state index in [1.165, 1.54) is 0 Å². The second kappa shape index (κ2) is 26.4. The lowest BCUT2D eigenvalue weighted by Crippen LogP contribution is -2.68. The quantitative estimate of drug-likeness (QED) is 0.0547. The topological polar surface area (TPSA) is 107 Å². The Balaban J connectivity index is 0.000000235. The van der Waals surface area contributed by atoms with Gasteiger partial charge in [0.2, 0.25) is 0 Å². The van der Waals surface area contributed by atoms with E-state index in [0.29, 0.717) is 39.0 Å². The maximum atomic E-state index is 13.5. The molecule has 6 aromatic carbocycles. The molecule has 1 N–H and O–H groups in total. The van der Waals surface area contributed by atoms with Crippen molar-refractivity contribution in [2.24, 2.45) is 0 Å². The van der Waals surface area contributed by atoms with Gasteiger partial charge in [-0.25, -0.2) is 9.59 Å². The van der Waals surface area contributed by atoms with Crippen molar-refractivity contribution in [2.75, 3.05) is 39.4 Å². The molecule has 374 valence electrons. The van der Waals surface area contributed by atoms with Crippen LogP contribution < -0.4 is 10.4 Å². The van der Waals surface area contributed by atoms with E-state index in [0.717, 1.165) is 58.3 Å². The third-order valence-corrected chi connectivity index (χ3v) is 18.3. The number of nitrogens with zero attached hydrogens (tertiary/aromatic N) is 2. The SMILES string of the molecule is CCC(OC(=O)N1CCC(OC(c2ccccc2)c2ccccc2)CC1)O[Si](c1ccccc1)(c1ccccc1)C(C)(C)C.O=C(OCCCO)N1CCC(OC(c2ccccc2)c2ccccc2)CC1. The number of hydrogen-bond donors (Lipinski definition) is 1. The molecule has 71 heavy (non-hydrogen) atoms. The number of benzene rings is 6. The highest BCUT2D eigenvalue weighted by molar-refractivity contribution is 6.99. The van der Waals surface area contributed by atoms with Gasteiger partial charge in [-0.1, -0.05) is 210 Å². The van der Waals surface area contributed by atoms with E-state index in [1.54, 1.807) is 9.80 Å². The van der Waals surface area contributed by atoms with Crippen molar-refractivity contribution in [1.29, 1.82) is 0 Å². The van der Waals surface area contributed by atoms with E-state index in [1.807, 2.05) is 91.9 Å². The number of aliphatic hydroxyl groups is 1. The highest BCUT2D eigenvalue weighted by Crippen LogP contribution is 2.38. The van der Waals surface area contributed by atoms with Crippen LogP contribution in [-0.2, 0) is 23.4 Å². The molecule has 0 aromatic heterocycles. The average molecular weight is 977 g/mol. The minimum absolute atomic E-state index is 0.0313. The first-order valence-electron chi connectivity index (χ1n) is 25.4. The van der Waals surface area contributed by atoms with Gasteiger partial charge >= 0.3 is 12.2 Å². The third kappa shape index (κ3) is 14.3. The first kappa shape index (κ1) is 52.7. The molecule has 0 radical (unpaired) electrons. The summed E-state index contributed by atoms with van der Waals surface area (Å²) in [6.45, 7) is 11.4. The van der Waals surface area contributed by atoms with Crippen molar-refractivity contribution in [2.45, 2.75) is 102 Å². The second-order valence-electron chi connectivity index (χ2n) is 19.2. The number of likely N-dealkylation sites (tertiary alicyclic amines) is 2. The first-order chi connectivity index (χ1) is 34.6. The van der Waals surface area contributed by atoms with Crippen LogP contribution in [0.25, 0.3) is 0 Å². The number of carbonyl (C=O) groups excluding carboxylic acids is 2. The van der Waals surface area contributed by atoms with Crippen molar-refractivity contribution >= 4 is 30.9 Å². The standard InChI is InChI=1S/C38H45NO4Si.C22H27NO4/c1-5-35(43-44(38(2,3)4,33-22-14-8-15-23-33)34-24-16-9-17-25-34)42-37(40)39-28-26-32(27-29-39)41-36(30-18-10-6-11-19-30)31-20-12-7-13-21-31;24-16-7-17-26-22(25)23-14-12-20(13-15-23)27-21(18-8-3-1-4-9-18)19-10-5-2-6-11-19/h6-25,32,35-36H,5,26-29H2,1-4H3;1-6,8-11,20-21,24H,7,12-17H2. The molecule has 2 aliphatic heterocycles. The van der Waals surface area contributed by atoms with Crippen LogP contribution in [0.4, 0.5) is 9.59 Å². The van der Waals surface area contributed by atoms with E-state index in [2.05, 4.69) is 118 Å². The van der Waals surface area contributed by atoms with Crippen molar-refractivity contribution < 1.29 is 38.1 Å². The Bertz CT molecular complexity index is 2330. The molecule has 2 saturated heterocycles. The normalized spacial score (nSPS) is 15.2. The van der Waals surface area contributed by atoms with E-state index in [4.69, 9.17) is 28.5 Å². The molecular weight excluding hydrogens is 905 g/mol. The van der Waals surface area contributed by atoms with E-state index >= 15 is 0 Å². The van der Waals surface area contributed by atoms with E-state index in [9.17, 15) is 9.59 Å². The third-order valence-electron chi connectivity index (χ3n) is 13.3. The fourth-order valence-corrected chi connectivity index (χ4v) is 14.1. The molecule has 0 saturated carbocycles. The van der Waals surface area contributed by atoms with Gasteiger partial charge in [0.15, 0.2) is 6.29 Å². The van der Waals surface area contributed by atoms with Gasteiger partial charge in [-0.05, 0) is 63.3 Å². The van der Waals surface area contributed by atoms with Gasteiger partial charge in [-0.15, -0.1) is 0 Å². The Morgan fingerprint density at radius 2 is 0.887 bits per heavy atom. The summed E-state index contributed by atoms with van der Waals surface area (Å²) in [6, 6.07) is 62.1. The van der Waals surface area contributed by atoms with Gasteiger partial charge < -0.3 is 38.3 Å². The Kier molecular flexibility index (Phi) is 19.6. The summed E-state index contributed by atoms with van der Waals surface area (Å²) in [6.07, 6.45) is 2.68. The molecule has 2 aliphatic rings. The molecule has 8 rings (SSSR count). The summed E-state index contributed by atoms with van der Waals surface area (Å²) >= 11 is 0. The van der Waals surface area contributed by atoms with Gasteiger partial charge in [0.25, 0.3) is 8.32 Å². The summed E-state index contributed by atoms with van der Waals surface area (Å²) in [5.74, 6) is 0. The van der Waals surface area contributed by atoms with Gasteiger partial charge in [-0.3, -0.25) is 0 Å². The summed E-state index contributed by atoms with van der Waals surface area (Å²) in [5, 5.41) is 10.9. The monoisotopic (exact) mass is 977 g/mol. The molecule has 6 aromatic rings. The van der Waals surface area contributed by atoms with Crippen LogP contribution in [0.3, 0.4) is 0 Å². The fraction of sp³-hybridized carbons (Fsp3) is 0.367. The molecule has 0 bridgehead atoms. The zero-order chi connectivity index (χ0) is 49.9. The van der Waals surface area contributed by atoms with Crippen molar-refractivity contribution in [1.82, 2.24) is 9.80 Å². The Hall–Kier alpha value is -6.08. The second-order valence-corrected chi connectivity index (χ2v) is 23.5. The van der Waals surface area contributed by atoms with Crippen LogP contribution in [0.15, 0.2) is 182 Å². The Morgan fingerprint density at radius 3 is 1.21 bits per heavy atom. The largest absolute Gasteiger partial charge is 0.449 e. The number of aliphatic hydroxyl groups excluding tert-OH is 1. The number of piperidine rings is 2. The van der Waals surface area contributed by atoms with Crippen LogP contribution in [0.5, 0.6) is 0 Å². The summed E-state index contributed by atoms with van der Waals surface area (Å²) in [4.78, 5) is 29.1. The smallest absolute Gasteiger partial charge is 0.412 e. The highest BCUT2D eigenvalue weighted by atomic mass is 28.4. The predicted octanol–water partition coefficient (Wildman–Crippen LogP) is 11.5. The van der Waals surface area contributed by atoms with E-state index < -0.39 is 14.6 Å². The summed E-state index contributed by atoms with van der Waals surface area (Å²) in [5.41, 5.74) is 4.53. The van der Waals surface area contributed by atoms with Gasteiger partial charge in [-0.2, -0.15) is 0 Å². The van der Waals surface area contributed by atoms with Crippen LogP contribution in [0.2, 0.25) is 5.04 Å². The maximum absolute atomic E-state index is 13.5. The van der Waals surface area contributed by atoms with Gasteiger partial charge in [0.1, 0.15) is 12.2 Å². The van der Waals surface area contributed by atoms with Crippen molar-refractivity contribution in [3.8, 4) is 0 Å². The van der Waals surface area contributed by atoms with Gasteiger partial charge in [0.05, 0.1) is 18.8 Å². The lowest BCUT2D eigenvalue weighted by molar-refractivity contribution is -0.0652. The zero-order valence-electron chi connectivity index (χ0n) is 41.9. The predicted molar refractivity (Wildman–Crippen MR) is 283 cm³/mol. The fourth-order valence-electron chi connectivity index (χ4n) is 9.53. The highest BCUT2D eigenvalue weighted by Gasteiger charge is 2.52. The lowest BCUT2D eigenvalue weighted by atomic mass is 10.00. The number of hydrogen-bond acceptors (Lipinski definition) is 8. The minimum atomic E-state index is -2.86. The molecule has 2 heterocycles. The number of carbonyl (C=O) groups is 2. The summed E-state index contributed by atoms with van der Waals surface area (Å²) < 4.78 is 31.6. The van der Waals surface area contributed by atoms with Crippen LogP contribution in [0.1, 0.15) is 101 Å². The number of amides is 2. The number of rotatable bonds is 17. The molecule has 0 spiro atoms. The van der Waals surface area contributed by atoms with Crippen LogP contribution >= 0.6 is 0 Å². The summed E-state index contributed by atoms with van der Waals surface area (Å²) in [7, 11) is -2.86. The van der Waals surface area contributed by atoms with Crippen molar-refractivity contribution in [3.63, 3.8) is 0 Å². The molecule has 2 amide bonds. The van der Waals surface area contributed by atoms with E-state index in [-0.39, 0.29) is 54.9 Å². The van der Waals surface area contributed by atoms with Crippen LogP contribution in [0, 0.1) is 0 Å². The number of ether oxygens (including phenoxy) is 4.